The Morgan fingerprint density at radius 3 is 2.21 bits per heavy atom. The SMILES string of the molecule is Cc1ccc(C2=C(N3CCOCC3)C(=O)N(c3ccc(Cl)cc3)C2=O)cc1C. The molecule has 0 N–H and O–H groups in total. The summed E-state index contributed by atoms with van der Waals surface area (Å²) in [6.45, 7) is 6.26. The van der Waals surface area contributed by atoms with Gasteiger partial charge in [-0.15, -0.1) is 0 Å². The van der Waals surface area contributed by atoms with Gasteiger partial charge in [0.05, 0.1) is 24.5 Å². The molecule has 0 saturated carbocycles. The lowest BCUT2D eigenvalue weighted by Crippen LogP contribution is -2.40. The first kappa shape index (κ1) is 18.7. The second-order valence-electron chi connectivity index (χ2n) is 7.04. The standard InChI is InChI=1S/C22H21ClN2O3/c1-14-3-4-16(13-15(14)2)19-20(24-9-11-28-12-10-24)22(27)25(21(19)26)18-7-5-17(23)6-8-18/h3-8,13H,9-12H2,1-2H3. The van der Waals surface area contributed by atoms with Gasteiger partial charge in [-0.05, 0) is 54.8 Å². The van der Waals surface area contributed by atoms with Crippen LogP contribution < -0.4 is 4.90 Å². The molecule has 144 valence electrons. The van der Waals surface area contributed by atoms with Crippen molar-refractivity contribution < 1.29 is 14.3 Å². The minimum Gasteiger partial charge on any atom is -0.378 e. The Bertz CT molecular complexity index is 976. The van der Waals surface area contributed by atoms with Gasteiger partial charge >= 0.3 is 0 Å². The zero-order valence-corrected chi connectivity index (χ0v) is 16.6. The Morgan fingerprint density at radius 1 is 0.893 bits per heavy atom. The zero-order valence-electron chi connectivity index (χ0n) is 15.9. The van der Waals surface area contributed by atoms with E-state index in [-0.39, 0.29) is 11.8 Å². The maximum absolute atomic E-state index is 13.4. The molecule has 6 heteroatoms. The molecule has 4 rings (SSSR count). The number of aryl methyl sites for hydroxylation is 2. The number of halogens is 1. The van der Waals surface area contributed by atoms with Crippen molar-refractivity contribution in [2.45, 2.75) is 13.8 Å². The van der Waals surface area contributed by atoms with Crippen molar-refractivity contribution in [3.8, 4) is 0 Å². The van der Waals surface area contributed by atoms with Crippen molar-refractivity contribution in [2.24, 2.45) is 0 Å². The van der Waals surface area contributed by atoms with E-state index < -0.39 is 0 Å². The van der Waals surface area contributed by atoms with Crippen molar-refractivity contribution in [3.05, 3.63) is 69.9 Å². The van der Waals surface area contributed by atoms with Gasteiger partial charge in [0.2, 0.25) is 0 Å². The van der Waals surface area contributed by atoms with Crippen LogP contribution in [-0.4, -0.2) is 43.0 Å². The third kappa shape index (κ3) is 3.21. The first-order chi connectivity index (χ1) is 13.5. The van der Waals surface area contributed by atoms with Crippen LogP contribution in [0.25, 0.3) is 5.57 Å². The fourth-order valence-electron chi connectivity index (χ4n) is 3.58. The van der Waals surface area contributed by atoms with E-state index in [1.165, 1.54) is 4.90 Å². The molecule has 2 aromatic rings. The van der Waals surface area contributed by atoms with Gasteiger partial charge in [-0.25, -0.2) is 4.90 Å². The van der Waals surface area contributed by atoms with Crippen molar-refractivity contribution in [3.63, 3.8) is 0 Å². The molecule has 28 heavy (non-hydrogen) atoms. The number of hydrogen-bond donors (Lipinski definition) is 0. The molecule has 2 aliphatic rings. The summed E-state index contributed by atoms with van der Waals surface area (Å²) < 4.78 is 5.43. The third-order valence-corrected chi connectivity index (χ3v) is 5.52. The van der Waals surface area contributed by atoms with Crippen LogP contribution in [0.2, 0.25) is 5.02 Å². The van der Waals surface area contributed by atoms with Crippen LogP contribution in [0.4, 0.5) is 5.69 Å². The number of amides is 2. The van der Waals surface area contributed by atoms with Gasteiger partial charge in [-0.3, -0.25) is 9.59 Å². The Balaban J connectivity index is 1.84. The minimum atomic E-state index is -0.308. The minimum absolute atomic E-state index is 0.303. The molecule has 0 atom stereocenters. The summed E-state index contributed by atoms with van der Waals surface area (Å²) in [5.74, 6) is -0.612. The topological polar surface area (TPSA) is 49.9 Å². The summed E-state index contributed by atoms with van der Waals surface area (Å²) in [6.07, 6.45) is 0. The maximum Gasteiger partial charge on any atom is 0.282 e. The van der Waals surface area contributed by atoms with Gasteiger partial charge in [0.25, 0.3) is 11.8 Å². The molecule has 0 unspecified atom stereocenters. The average molecular weight is 397 g/mol. The molecular formula is C22H21ClN2O3. The fourth-order valence-corrected chi connectivity index (χ4v) is 3.71. The van der Waals surface area contributed by atoms with E-state index in [9.17, 15) is 9.59 Å². The Hall–Kier alpha value is -2.63. The van der Waals surface area contributed by atoms with Crippen LogP contribution >= 0.6 is 11.6 Å². The first-order valence-corrected chi connectivity index (χ1v) is 9.64. The van der Waals surface area contributed by atoms with Gasteiger partial charge in [-0.1, -0.05) is 29.8 Å². The molecule has 0 bridgehead atoms. The number of carbonyl (C=O) groups is 2. The lowest BCUT2D eigenvalue weighted by Gasteiger charge is -2.29. The number of nitrogens with zero attached hydrogens (tertiary/aromatic N) is 2. The van der Waals surface area contributed by atoms with Gasteiger partial charge < -0.3 is 9.64 Å². The summed E-state index contributed by atoms with van der Waals surface area (Å²) in [4.78, 5) is 30.0. The Kier molecular flexibility index (Phi) is 4.96. The molecular weight excluding hydrogens is 376 g/mol. The zero-order chi connectivity index (χ0) is 19.8. The smallest absolute Gasteiger partial charge is 0.282 e. The molecule has 2 amide bonds. The molecule has 1 fully saturated rings. The van der Waals surface area contributed by atoms with Crippen molar-refractivity contribution in [1.82, 2.24) is 4.90 Å². The summed E-state index contributed by atoms with van der Waals surface area (Å²) in [6, 6.07) is 12.6. The number of carbonyl (C=O) groups excluding carboxylic acids is 2. The van der Waals surface area contributed by atoms with Crippen molar-refractivity contribution in [1.29, 1.82) is 0 Å². The van der Waals surface area contributed by atoms with Crippen LogP contribution in [-0.2, 0) is 14.3 Å². The second kappa shape index (κ2) is 7.41. The normalized spacial score (nSPS) is 17.7. The highest BCUT2D eigenvalue weighted by molar-refractivity contribution is 6.45. The average Bonchev–Trinajstić information content (AvgIpc) is 2.96. The van der Waals surface area contributed by atoms with Gasteiger partial charge in [0, 0.05) is 18.1 Å². The molecule has 5 nitrogen and oxygen atoms in total. The number of anilines is 1. The monoisotopic (exact) mass is 396 g/mol. The number of ether oxygens (including phenoxy) is 1. The van der Waals surface area contributed by atoms with Crippen LogP contribution in [0.3, 0.4) is 0 Å². The second-order valence-corrected chi connectivity index (χ2v) is 7.48. The van der Waals surface area contributed by atoms with Crippen LogP contribution in [0, 0.1) is 13.8 Å². The predicted molar refractivity (Wildman–Crippen MR) is 109 cm³/mol. The maximum atomic E-state index is 13.4. The molecule has 0 radical (unpaired) electrons. The van der Waals surface area contributed by atoms with Crippen molar-refractivity contribution >= 4 is 34.7 Å². The molecule has 2 heterocycles. The highest BCUT2D eigenvalue weighted by atomic mass is 35.5. The Labute approximate surface area is 169 Å². The molecule has 0 aromatic heterocycles. The van der Waals surface area contributed by atoms with E-state index in [0.29, 0.717) is 48.3 Å². The van der Waals surface area contributed by atoms with Crippen LogP contribution in [0.5, 0.6) is 0 Å². The van der Waals surface area contributed by atoms with Crippen LogP contribution in [0.15, 0.2) is 48.2 Å². The first-order valence-electron chi connectivity index (χ1n) is 9.26. The fraction of sp³-hybridized carbons (Fsp3) is 0.273. The Morgan fingerprint density at radius 2 is 1.57 bits per heavy atom. The lowest BCUT2D eigenvalue weighted by atomic mass is 9.99. The van der Waals surface area contributed by atoms with E-state index in [2.05, 4.69) is 0 Å². The highest BCUT2D eigenvalue weighted by Crippen LogP contribution is 2.36. The van der Waals surface area contributed by atoms with E-state index in [0.717, 1.165) is 16.7 Å². The summed E-state index contributed by atoms with van der Waals surface area (Å²) in [7, 11) is 0. The number of benzene rings is 2. The lowest BCUT2D eigenvalue weighted by molar-refractivity contribution is -0.121. The molecule has 1 saturated heterocycles. The summed E-state index contributed by atoms with van der Waals surface area (Å²) >= 11 is 5.98. The number of hydrogen-bond acceptors (Lipinski definition) is 4. The van der Waals surface area contributed by atoms with E-state index in [1.807, 2.05) is 36.9 Å². The largest absolute Gasteiger partial charge is 0.378 e. The van der Waals surface area contributed by atoms with Crippen LogP contribution in [0.1, 0.15) is 16.7 Å². The summed E-state index contributed by atoms with van der Waals surface area (Å²) in [5.41, 5.74) is 4.40. The molecule has 0 spiro atoms. The van der Waals surface area contributed by atoms with Gasteiger partial charge in [-0.2, -0.15) is 0 Å². The number of rotatable bonds is 3. The number of morpholine rings is 1. The van der Waals surface area contributed by atoms with E-state index in [4.69, 9.17) is 16.3 Å². The molecule has 2 aromatic carbocycles. The molecule has 2 aliphatic heterocycles. The van der Waals surface area contributed by atoms with Gasteiger partial charge in [0.1, 0.15) is 5.70 Å². The van der Waals surface area contributed by atoms with Gasteiger partial charge in [0.15, 0.2) is 0 Å². The summed E-state index contributed by atoms with van der Waals surface area (Å²) in [5, 5.41) is 0.554. The molecule has 0 aliphatic carbocycles. The van der Waals surface area contributed by atoms with Crippen molar-refractivity contribution in [2.75, 3.05) is 31.2 Å². The van der Waals surface area contributed by atoms with E-state index in [1.54, 1.807) is 24.3 Å². The third-order valence-electron chi connectivity index (χ3n) is 5.27. The predicted octanol–water partition coefficient (Wildman–Crippen LogP) is 3.57. The highest BCUT2D eigenvalue weighted by Gasteiger charge is 2.42. The quantitative estimate of drug-likeness (QED) is 0.744. The number of imide groups is 1. The van der Waals surface area contributed by atoms with E-state index >= 15 is 0 Å².